The first-order valence-corrected chi connectivity index (χ1v) is 6.49. The van der Waals surface area contributed by atoms with Gasteiger partial charge in [-0.3, -0.25) is 4.79 Å². The molecule has 100 valence electrons. The largest absolute Gasteiger partial charge is 0.311 e. The first-order chi connectivity index (χ1) is 8.90. The first kappa shape index (κ1) is 13.5. The van der Waals surface area contributed by atoms with Crippen molar-refractivity contribution in [2.24, 2.45) is 7.05 Å². The van der Waals surface area contributed by atoms with Crippen molar-refractivity contribution in [3.63, 3.8) is 0 Å². The van der Waals surface area contributed by atoms with Crippen molar-refractivity contribution < 1.29 is 4.79 Å². The van der Waals surface area contributed by atoms with E-state index in [9.17, 15) is 9.59 Å². The van der Waals surface area contributed by atoms with E-state index in [4.69, 9.17) is 0 Å². The third-order valence-corrected chi connectivity index (χ3v) is 3.52. The fraction of sp³-hybridized carbons (Fsp3) is 0.375. The number of nitrogens with zero attached hydrogens (tertiary/aromatic N) is 1. The van der Waals surface area contributed by atoms with Crippen LogP contribution in [-0.2, 0) is 18.3 Å². The van der Waals surface area contributed by atoms with Gasteiger partial charge in [-0.05, 0) is 50.5 Å². The van der Waals surface area contributed by atoms with E-state index in [-0.39, 0.29) is 11.3 Å². The van der Waals surface area contributed by atoms with E-state index in [0.717, 1.165) is 27.6 Å². The fourth-order valence-corrected chi connectivity index (χ4v) is 2.47. The predicted molar refractivity (Wildman–Crippen MR) is 77.7 cm³/mol. The molecule has 0 aliphatic rings. The molecule has 0 unspecified atom stereocenters. The molecule has 0 bridgehead atoms. The summed E-state index contributed by atoms with van der Waals surface area (Å²) in [5.41, 5.74) is 3.98. The Labute approximate surface area is 112 Å². The van der Waals surface area contributed by atoms with Crippen LogP contribution >= 0.6 is 0 Å². The van der Waals surface area contributed by atoms with E-state index in [1.165, 1.54) is 0 Å². The minimum Gasteiger partial charge on any atom is -0.311 e. The van der Waals surface area contributed by atoms with Crippen LogP contribution in [0.4, 0.5) is 0 Å². The van der Waals surface area contributed by atoms with Crippen molar-refractivity contribution in [2.75, 3.05) is 0 Å². The quantitative estimate of drug-likeness (QED) is 0.848. The maximum absolute atomic E-state index is 12.3. The van der Waals surface area contributed by atoms with Crippen LogP contribution in [0.2, 0.25) is 0 Å². The lowest BCUT2D eigenvalue weighted by molar-refractivity contribution is -0.116. The molecule has 1 heterocycles. The summed E-state index contributed by atoms with van der Waals surface area (Å²) in [6.07, 6.45) is 0.941. The fourth-order valence-electron chi connectivity index (χ4n) is 2.47. The number of hydrogen-bond acceptors (Lipinski definition) is 2. The number of ketones is 1. The molecule has 0 fully saturated rings. The SMILES string of the molecule is CC(=O)CCc1cc2c(C)cc(C)cc2n(C)c1=O. The molecular formula is C16H19NO2. The summed E-state index contributed by atoms with van der Waals surface area (Å²) in [5.74, 6) is 0.114. The summed E-state index contributed by atoms with van der Waals surface area (Å²) >= 11 is 0. The van der Waals surface area contributed by atoms with Crippen LogP contribution in [0, 0.1) is 13.8 Å². The Bertz CT molecular complexity index is 711. The lowest BCUT2D eigenvalue weighted by Crippen LogP contribution is -2.22. The maximum Gasteiger partial charge on any atom is 0.253 e. The number of carbonyl (C=O) groups is 1. The van der Waals surface area contributed by atoms with Crippen molar-refractivity contribution in [1.29, 1.82) is 0 Å². The van der Waals surface area contributed by atoms with Crippen molar-refractivity contribution in [1.82, 2.24) is 4.57 Å². The van der Waals surface area contributed by atoms with Gasteiger partial charge in [-0.25, -0.2) is 0 Å². The molecule has 19 heavy (non-hydrogen) atoms. The molecule has 0 saturated heterocycles. The molecule has 0 amide bonds. The van der Waals surface area contributed by atoms with Crippen LogP contribution in [0.5, 0.6) is 0 Å². The third kappa shape index (κ3) is 2.60. The number of rotatable bonds is 3. The maximum atomic E-state index is 12.3. The van der Waals surface area contributed by atoms with Crippen molar-refractivity contribution in [3.8, 4) is 0 Å². The molecule has 1 aromatic carbocycles. The van der Waals surface area contributed by atoms with Crippen LogP contribution in [0.3, 0.4) is 0 Å². The highest BCUT2D eigenvalue weighted by molar-refractivity contribution is 5.84. The summed E-state index contributed by atoms with van der Waals surface area (Å²) in [5, 5.41) is 1.09. The van der Waals surface area contributed by atoms with Gasteiger partial charge in [-0.15, -0.1) is 0 Å². The van der Waals surface area contributed by atoms with Crippen LogP contribution in [0.1, 0.15) is 30.0 Å². The molecular weight excluding hydrogens is 238 g/mol. The Morgan fingerprint density at radius 1 is 1.21 bits per heavy atom. The second-order valence-corrected chi connectivity index (χ2v) is 5.25. The highest BCUT2D eigenvalue weighted by Gasteiger charge is 2.09. The Kier molecular flexibility index (Phi) is 3.56. The van der Waals surface area contributed by atoms with Gasteiger partial charge in [-0.1, -0.05) is 6.07 Å². The average molecular weight is 257 g/mol. The summed E-state index contributed by atoms with van der Waals surface area (Å²) in [6, 6.07) is 6.08. The van der Waals surface area contributed by atoms with Gasteiger partial charge in [-0.2, -0.15) is 0 Å². The molecule has 3 nitrogen and oxygen atoms in total. The molecule has 0 radical (unpaired) electrons. The van der Waals surface area contributed by atoms with Crippen molar-refractivity contribution in [3.05, 3.63) is 45.2 Å². The number of Topliss-reactive ketones (excluding diaryl/α,β-unsaturated/α-hetero) is 1. The van der Waals surface area contributed by atoms with Gasteiger partial charge in [0.25, 0.3) is 5.56 Å². The summed E-state index contributed by atoms with van der Waals surface area (Å²) in [6.45, 7) is 5.63. The predicted octanol–water partition coefficient (Wildman–Crippen LogP) is 2.68. The topological polar surface area (TPSA) is 39.1 Å². The molecule has 3 heteroatoms. The van der Waals surface area contributed by atoms with Gasteiger partial charge in [0.05, 0.1) is 5.52 Å². The van der Waals surface area contributed by atoms with Crippen molar-refractivity contribution >= 4 is 16.7 Å². The molecule has 0 aliphatic heterocycles. The number of benzene rings is 1. The number of fused-ring (bicyclic) bond motifs is 1. The summed E-state index contributed by atoms with van der Waals surface area (Å²) in [4.78, 5) is 23.3. The van der Waals surface area contributed by atoms with E-state index in [1.807, 2.05) is 19.1 Å². The molecule has 0 aliphatic carbocycles. The highest BCUT2D eigenvalue weighted by atomic mass is 16.1. The van der Waals surface area contributed by atoms with E-state index in [1.54, 1.807) is 18.5 Å². The number of aromatic nitrogens is 1. The third-order valence-electron chi connectivity index (χ3n) is 3.52. The van der Waals surface area contributed by atoms with Gasteiger partial charge < -0.3 is 9.36 Å². The second kappa shape index (κ2) is 5.00. The van der Waals surface area contributed by atoms with E-state index in [0.29, 0.717) is 12.8 Å². The number of aryl methyl sites for hydroxylation is 4. The summed E-state index contributed by atoms with van der Waals surface area (Å²) in [7, 11) is 1.79. The molecule has 0 atom stereocenters. The second-order valence-electron chi connectivity index (χ2n) is 5.25. The minimum atomic E-state index is -0.00116. The standard InChI is InChI=1S/C16H19NO2/c1-10-7-11(2)14-9-13(6-5-12(3)18)16(19)17(4)15(14)8-10/h7-9H,5-6H2,1-4H3. The molecule has 2 rings (SSSR count). The van der Waals surface area contributed by atoms with Gasteiger partial charge in [0.1, 0.15) is 5.78 Å². The van der Waals surface area contributed by atoms with Crippen LogP contribution in [0.15, 0.2) is 23.0 Å². The van der Waals surface area contributed by atoms with E-state index in [2.05, 4.69) is 13.0 Å². The van der Waals surface area contributed by atoms with E-state index >= 15 is 0 Å². The summed E-state index contributed by atoms with van der Waals surface area (Å²) < 4.78 is 1.69. The Morgan fingerprint density at radius 2 is 1.89 bits per heavy atom. The van der Waals surface area contributed by atoms with Gasteiger partial charge >= 0.3 is 0 Å². The molecule has 2 aromatic rings. The zero-order chi connectivity index (χ0) is 14.2. The number of pyridine rings is 1. The zero-order valence-electron chi connectivity index (χ0n) is 11.9. The highest BCUT2D eigenvalue weighted by Crippen LogP contribution is 2.20. The number of hydrogen-bond donors (Lipinski definition) is 0. The lowest BCUT2D eigenvalue weighted by Gasteiger charge is -2.11. The Hall–Kier alpha value is -1.90. The number of carbonyl (C=O) groups excluding carboxylic acids is 1. The average Bonchev–Trinajstić information content (AvgIpc) is 2.32. The van der Waals surface area contributed by atoms with Gasteiger partial charge in [0, 0.05) is 24.4 Å². The monoisotopic (exact) mass is 257 g/mol. The van der Waals surface area contributed by atoms with Gasteiger partial charge in [0.2, 0.25) is 0 Å². The molecule has 0 N–H and O–H groups in total. The Balaban J connectivity index is 2.66. The van der Waals surface area contributed by atoms with Crippen LogP contribution in [-0.4, -0.2) is 10.4 Å². The zero-order valence-corrected chi connectivity index (χ0v) is 11.9. The lowest BCUT2D eigenvalue weighted by atomic mass is 10.0. The van der Waals surface area contributed by atoms with Crippen molar-refractivity contribution in [2.45, 2.75) is 33.6 Å². The van der Waals surface area contributed by atoms with E-state index < -0.39 is 0 Å². The molecule has 1 aromatic heterocycles. The van der Waals surface area contributed by atoms with Gasteiger partial charge in [0.15, 0.2) is 0 Å². The Morgan fingerprint density at radius 3 is 2.53 bits per heavy atom. The first-order valence-electron chi connectivity index (χ1n) is 6.49. The molecule has 0 saturated carbocycles. The normalized spacial score (nSPS) is 10.9. The minimum absolute atomic E-state index is 0.00116. The molecule has 0 spiro atoms. The van der Waals surface area contributed by atoms with Crippen LogP contribution in [0.25, 0.3) is 10.9 Å². The van der Waals surface area contributed by atoms with Crippen LogP contribution < -0.4 is 5.56 Å². The smallest absolute Gasteiger partial charge is 0.253 e.